The first kappa shape index (κ1) is 12.1. The van der Waals surface area contributed by atoms with E-state index in [-0.39, 0.29) is 5.56 Å². The zero-order chi connectivity index (χ0) is 13.1. The van der Waals surface area contributed by atoms with Gasteiger partial charge in [-0.3, -0.25) is 4.79 Å². The predicted molar refractivity (Wildman–Crippen MR) is 69.9 cm³/mol. The van der Waals surface area contributed by atoms with E-state index in [1.165, 1.54) is 12.1 Å². The Labute approximate surface area is 104 Å². The Kier molecular flexibility index (Phi) is 3.28. The second-order valence-corrected chi connectivity index (χ2v) is 4.06. The van der Waals surface area contributed by atoms with Gasteiger partial charge in [0.25, 0.3) is 5.91 Å². The summed E-state index contributed by atoms with van der Waals surface area (Å²) in [6.45, 7) is 1.77. The molecule has 0 unspecified atom stereocenters. The van der Waals surface area contributed by atoms with E-state index in [2.05, 4.69) is 5.32 Å². The van der Waals surface area contributed by atoms with Crippen molar-refractivity contribution < 1.29 is 9.18 Å². The van der Waals surface area contributed by atoms with Crippen molar-refractivity contribution in [3.05, 3.63) is 59.4 Å². The summed E-state index contributed by atoms with van der Waals surface area (Å²) in [7, 11) is 0. The van der Waals surface area contributed by atoms with E-state index in [4.69, 9.17) is 5.73 Å². The van der Waals surface area contributed by atoms with Crippen LogP contribution in [-0.4, -0.2) is 5.91 Å². The number of aryl methyl sites for hydroxylation is 1. The van der Waals surface area contributed by atoms with Gasteiger partial charge in [-0.15, -0.1) is 0 Å². The molecule has 2 rings (SSSR count). The molecule has 0 fully saturated rings. The zero-order valence-corrected chi connectivity index (χ0v) is 9.91. The topological polar surface area (TPSA) is 55.1 Å². The number of carbonyl (C=O) groups excluding carboxylic acids is 1. The maximum absolute atomic E-state index is 13.6. The molecule has 3 N–H and O–H groups in total. The maximum Gasteiger partial charge on any atom is 0.258 e. The summed E-state index contributed by atoms with van der Waals surface area (Å²) in [5.74, 6) is -1.000. The molecule has 0 aromatic heterocycles. The number of nitrogens with one attached hydrogen (secondary N) is 1. The van der Waals surface area contributed by atoms with Crippen molar-refractivity contribution in [2.24, 2.45) is 0 Å². The van der Waals surface area contributed by atoms with E-state index >= 15 is 0 Å². The van der Waals surface area contributed by atoms with Crippen LogP contribution in [0, 0.1) is 12.7 Å². The van der Waals surface area contributed by atoms with E-state index in [1.807, 2.05) is 0 Å². The van der Waals surface area contributed by atoms with Gasteiger partial charge in [0, 0.05) is 11.4 Å². The largest absolute Gasteiger partial charge is 0.399 e. The second-order valence-electron chi connectivity index (χ2n) is 4.06. The summed E-state index contributed by atoms with van der Waals surface area (Å²) < 4.78 is 13.6. The van der Waals surface area contributed by atoms with Crippen molar-refractivity contribution >= 4 is 17.3 Å². The van der Waals surface area contributed by atoms with Gasteiger partial charge >= 0.3 is 0 Å². The first-order chi connectivity index (χ1) is 8.56. The molecule has 0 aliphatic rings. The molecule has 0 heterocycles. The van der Waals surface area contributed by atoms with E-state index in [0.717, 1.165) is 5.56 Å². The van der Waals surface area contributed by atoms with Crippen LogP contribution in [0.2, 0.25) is 0 Å². The number of hydrogen-bond acceptors (Lipinski definition) is 2. The predicted octanol–water partition coefficient (Wildman–Crippen LogP) is 2.97. The molecule has 3 nitrogen and oxygen atoms in total. The lowest BCUT2D eigenvalue weighted by molar-refractivity contribution is 0.102. The smallest absolute Gasteiger partial charge is 0.258 e. The van der Waals surface area contributed by atoms with E-state index in [0.29, 0.717) is 11.4 Å². The quantitative estimate of drug-likeness (QED) is 0.798. The Morgan fingerprint density at radius 3 is 2.44 bits per heavy atom. The number of halogens is 1. The van der Waals surface area contributed by atoms with Crippen molar-refractivity contribution in [2.45, 2.75) is 6.92 Å². The van der Waals surface area contributed by atoms with Crippen LogP contribution >= 0.6 is 0 Å². The van der Waals surface area contributed by atoms with E-state index in [9.17, 15) is 9.18 Å². The third kappa shape index (κ3) is 2.66. The maximum atomic E-state index is 13.6. The fourth-order valence-electron chi connectivity index (χ4n) is 1.57. The third-order valence-corrected chi connectivity index (χ3v) is 2.54. The zero-order valence-electron chi connectivity index (χ0n) is 9.91. The van der Waals surface area contributed by atoms with Gasteiger partial charge in [0.2, 0.25) is 0 Å². The first-order valence-electron chi connectivity index (χ1n) is 5.49. The fourth-order valence-corrected chi connectivity index (χ4v) is 1.57. The highest BCUT2D eigenvalue weighted by atomic mass is 19.1. The molecule has 0 saturated carbocycles. The molecule has 2 aromatic carbocycles. The third-order valence-electron chi connectivity index (χ3n) is 2.54. The van der Waals surface area contributed by atoms with Crippen LogP contribution in [0.15, 0.2) is 42.5 Å². The standard InChI is InChI=1S/C14H13FN2O/c1-9-2-7-12(13(15)8-9)14(18)17-11-5-3-10(16)4-6-11/h2-8H,16H2,1H3,(H,17,18). The van der Waals surface area contributed by atoms with Gasteiger partial charge < -0.3 is 11.1 Å². The number of benzene rings is 2. The number of hydrogen-bond donors (Lipinski definition) is 2. The second kappa shape index (κ2) is 4.87. The summed E-state index contributed by atoms with van der Waals surface area (Å²) in [5.41, 5.74) is 7.52. The highest BCUT2D eigenvalue weighted by molar-refractivity contribution is 6.04. The highest BCUT2D eigenvalue weighted by Gasteiger charge is 2.11. The fraction of sp³-hybridized carbons (Fsp3) is 0.0714. The number of rotatable bonds is 2. The van der Waals surface area contributed by atoms with Crippen LogP contribution < -0.4 is 11.1 Å². The van der Waals surface area contributed by atoms with Gasteiger partial charge in [-0.25, -0.2) is 4.39 Å². The molecule has 4 heteroatoms. The van der Waals surface area contributed by atoms with Gasteiger partial charge in [0.15, 0.2) is 0 Å². The van der Waals surface area contributed by atoms with Gasteiger partial charge in [-0.05, 0) is 48.9 Å². The van der Waals surface area contributed by atoms with E-state index in [1.54, 1.807) is 37.3 Å². The summed E-state index contributed by atoms with van der Waals surface area (Å²) in [4.78, 5) is 11.8. The Morgan fingerprint density at radius 2 is 1.83 bits per heavy atom. The van der Waals surface area contributed by atoms with Crippen LogP contribution in [0.5, 0.6) is 0 Å². The van der Waals surface area contributed by atoms with Crippen molar-refractivity contribution in [3.8, 4) is 0 Å². The lowest BCUT2D eigenvalue weighted by Crippen LogP contribution is -2.13. The first-order valence-corrected chi connectivity index (χ1v) is 5.49. The minimum absolute atomic E-state index is 0.0254. The van der Waals surface area contributed by atoms with Gasteiger partial charge in [-0.1, -0.05) is 6.07 Å². The number of anilines is 2. The van der Waals surface area contributed by atoms with Crippen LogP contribution in [0.4, 0.5) is 15.8 Å². The average molecular weight is 244 g/mol. The molecule has 0 aliphatic carbocycles. The summed E-state index contributed by atoms with van der Waals surface area (Å²) in [6, 6.07) is 11.2. The molecule has 0 saturated heterocycles. The summed E-state index contributed by atoms with van der Waals surface area (Å²) in [5, 5.41) is 2.61. The molecule has 0 radical (unpaired) electrons. The molecular weight excluding hydrogens is 231 g/mol. The minimum atomic E-state index is -0.525. The van der Waals surface area contributed by atoms with Gasteiger partial charge in [-0.2, -0.15) is 0 Å². The normalized spacial score (nSPS) is 10.1. The Morgan fingerprint density at radius 1 is 1.17 bits per heavy atom. The van der Waals surface area contributed by atoms with Crippen molar-refractivity contribution in [3.63, 3.8) is 0 Å². The van der Waals surface area contributed by atoms with E-state index < -0.39 is 11.7 Å². The van der Waals surface area contributed by atoms with Gasteiger partial charge in [0.05, 0.1) is 5.56 Å². The highest BCUT2D eigenvalue weighted by Crippen LogP contribution is 2.14. The molecule has 0 aliphatic heterocycles. The van der Waals surface area contributed by atoms with Crippen molar-refractivity contribution in [1.29, 1.82) is 0 Å². The SMILES string of the molecule is Cc1ccc(C(=O)Nc2ccc(N)cc2)c(F)c1. The summed E-state index contributed by atoms with van der Waals surface area (Å²) in [6.07, 6.45) is 0. The molecule has 92 valence electrons. The molecule has 0 spiro atoms. The molecule has 1 amide bonds. The Bertz CT molecular complexity index is 579. The van der Waals surface area contributed by atoms with Crippen molar-refractivity contribution in [1.82, 2.24) is 0 Å². The molecule has 0 bridgehead atoms. The van der Waals surface area contributed by atoms with Crippen LogP contribution in [0.3, 0.4) is 0 Å². The van der Waals surface area contributed by atoms with Crippen LogP contribution in [0.25, 0.3) is 0 Å². The monoisotopic (exact) mass is 244 g/mol. The molecule has 2 aromatic rings. The van der Waals surface area contributed by atoms with Crippen LogP contribution in [0.1, 0.15) is 15.9 Å². The number of carbonyl (C=O) groups is 1. The molecule has 0 atom stereocenters. The van der Waals surface area contributed by atoms with Gasteiger partial charge in [0.1, 0.15) is 5.82 Å². The number of amides is 1. The Balaban J connectivity index is 2.19. The van der Waals surface area contributed by atoms with Crippen molar-refractivity contribution in [2.75, 3.05) is 11.1 Å². The molecule has 18 heavy (non-hydrogen) atoms. The lowest BCUT2D eigenvalue weighted by atomic mass is 10.1. The average Bonchev–Trinajstić information content (AvgIpc) is 2.32. The summed E-state index contributed by atoms with van der Waals surface area (Å²) >= 11 is 0. The molecular formula is C14H13FN2O. The van der Waals surface area contributed by atoms with Crippen LogP contribution in [-0.2, 0) is 0 Å². The lowest BCUT2D eigenvalue weighted by Gasteiger charge is -2.06. The Hall–Kier alpha value is -2.36. The minimum Gasteiger partial charge on any atom is -0.399 e. The number of nitrogen functional groups attached to an aromatic ring is 1. The number of nitrogens with two attached hydrogens (primary N) is 1.